The van der Waals surface area contributed by atoms with Crippen molar-refractivity contribution in [3.05, 3.63) is 12.2 Å². The van der Waals surface area contributed by atoms with Gasteiger partial charge in [-0.1, -0.05) is 5.16 Å². The van der Waals surface area contributed by atoms with Crippen LogP contribution in [-0.2, 0) is 16.0 Å². The highest BCUT2D eigenvalue weighted by Crippen LogP contribution is 1.93. The van der Waals surface area contributed by atoms with Gasteiger partial charge in [0.2, 0.25) is 5.89 Å². The molecule has 0 fully saturated rings. The molecule has 0 bridgehead atoms. The van der Waals surface area contributed by atoms with Gasteiger partial charge in [-0.25, -0.2) is 4.79 Å². The summed E-state index contributed by atoms with van der Waals surface area (Å²) in [7, 11) is 1.48. The Labute approximate surface area is 109 Å². The molecule has 0 unspecified atom stereocenters. The highest BCUT2D eigenvalue weighted by Gasteiger charge is 2.16. The van der Waals surface area contributed by atoms with Gasteiger partial charge in [0.05, 0.1) is 6.61 Å². The van der Waals surface area contributed by atoms with Crippen molar-refractivity contribution in [2.75, 3.05) is 33.4 Å². The lowest BCUT2D eigenvalue weighted by Gasteiger charge is -2.20. The van der Waals surface area contributed by atoms with E-state index in [0.29, 0.717) is 12.3 Å². The lowest BCUT2D eigenvalue weighted by molar-refractivity contribution is -0.137. The number of nitrogens with zero attached hydrogens (tertiary/aromatic N) is 3. The average molecular weight is 272 g/mol. The van der Waals surface area contributed by atoms with E-state index in [-0.39, 0.29) is 26.2 Å². The van der Waals surface area contributed by atoms with Crippen molar-refractivity contribution in [2.24, 2.45) is 0 Å². The number of aliphatic carboxylic acids is 1. The highest BCUT2D eigenvalue weighted by molar-refractivity contribution is 5.80. The molecule has 9 heteroatoms. The van der Waals surface area contributed by atoms with Gasteiger partial charge in [0.1, 0.15) is 6.54 Å². The summed E-state index contributed by atoms with van der Waals surface area (Å²) >= 11 is 0. The van der Waals surface area contributed by atoms with Gasteiger partial charge in [0, 0.05) is 26.6 Å². The Morgan fingerprint density at radius 1 is 1.58 bits per heavy atom. The smallest absolute Gasteiger partial charge is 0.323 e. The minimum atomic E-state index is -1.08. The normalized spacial score (nSPS) is 10.2. The Balaban J connectivity index is 2.35. The lowest BCUT2D eigenvalue weighted by atomic mass is 10.4. The van der Waals surface area contributed by atoms with Gasteiger partial charge in [-0.15, -0.1) is 0 Å². The first-order valence-corrected chi connectivity index (χ1v) is 5.62. The molecule has 1 aromatic heterocycles. The second-order valence-corrected chi connectivity index (χ2v) is 3.63. The lowest BCUT2D eigenvalue weighted by Crippen LogP contribution is -2.44. The fourth-order valence-electron chi connectivity index (χ4n) is 1.31. The van der Waals surface area contributed by atoms with Gasteiger partial charge in [-0.3, -0.25) is 4.79 Å². The third-order valence-electron chi connectivity index (χ3n) is 2.20. The Morgan fingerprint density at radius 2 is 2.37 bits per heavy atom. The number of hydrogen-bond acceptors (Lipinski definition) is 6. The van der Waals surface area contributed by atoms with Gasteiger partial charge >= 0.3 is 12.0 Å². The van der Waals surface area contributed by atoms with Gasteiger partial charge in [0.25, 0.3) is 0 Å². The van der Waals surface area contributed by atoms with Crippen LogP contribution >= 0.6 is 0 Å². The van der Waals surface area contributed by atoms with E-state index in [9.17, 15) is 9.59 Å². The fourth-order valence-corrected chi connectivity index (χ4v) is 1.31. The molecule has 0 atom stereocenters. The zero-order chi connectivity index (χ0) is 14.1. The van der Waals surface area contributed by atoms with E-state index < -0.39 is 12.0 Å². The number of methoxy groups -OCH3 is 1. The quantitative estimate of drug-likeness (QED) is 0.645. The largest absolute Gasteiger partial charge is 0.480 e. The molecule has 106 valence electrons. The maximum absolute atomic E-state index is 11.7. The first kappa shape index (κ1) is 14.9. The van der Waals surface area contributed by atoms with E-state index >= 15 is 0 Å². The van der Waals surface area contributed by atoms with E-state index in [0.717, 1.165) is 4.90 Å². The maximum atomic E-state index is 11.7. The topological polar surface area (TPSA) is 118 Å². The van der Waals surface area contributed by atoms with Gasteiger partial charge in [-0.05, 0) is 0 Å². The van der Waals surface area contributed by atoms with Crippen LogP contribution in [-0.4, -0.2) is 65.5 Å². The number of nitrogens with one attached hydrogen (secondary N) is 1. The monoisotopic (exact) mass is 272 g/mol. The van der Waals surface area contributed by atoms with Crippen molar-refractivity contribution in [3.63, 3.8) is 0 Å². The molecule has 1 heterocycles. The molecule has 0 spiro atoms. The Hall–Kier alpha value is -2.16. The molecule has 1 rings (SSSR count). The van der Waals surface area contributed by atoms with Crippen molar-refractivity contribution in [2.45, 2.75) is 6.42 Å². The molecule has 0 aliphatic rings. The first-order chi connectivity index (χ1) is 9.13. The molecule has 0 radical (unpaired) electrons. The summed E-state index contributed by atoms with van der Waals surface area (Å²) in [5.41, 5.74) is 0. The van der Waals surface area contributed by atoms with Gasteiger partial charge in [0.15, 0.2) is 6.33 Å². The number of carboxylic acids is 1. The third-order valence-corrected chi connectivity index (χ3v) is 2.20. The summed E-state index contributed by atoms with van der Waals surface area (Å²) in [6.45, 7) is 0.374. The Kier molecular flexibility index (Phi) is 6.30. The standard InChI is InChI=1S/C10H16N4O5/c1-18-5-4-14(6-9(15)16)10(17)11-3-2-8-12-7-13-19-8/h7H,2-6H2,1H3,(H,11,17)(H,15,16). The van der Waals surface area contributed by atoms with Crippen LogP contribution in [0.2, 0.25) is 0 Å². The molecule has 0 aromatic carbocycles. The number of hydrogen-bond donors (Lipinski definition) is 2. The second kappa shape index (κ2) is 8.03. The number of aromatic nitrogens is 2. The molecule has 0 aliphatic carbocycles. The number of carbonyl (C=O) groups excluding carboxylic acids is 1. The Bertz CT molecular complexity index is 395. The highest BCUT2D eigenvalue weighted by atomic mass is 16.5. The fraction of sp³-hybridized carbons (Fsp3) is 0.600. The molecule has 2 amide bonds. The first-order valence-electron chi connectivity index (χ1n) is 5.62. The minimum absolute atomic E-state index is 0.204. The van der Waals surface area contributed by atoms with Crippen LogP contribution in [0.15, 0.2) is 10.9 Å². The predicted octanol–water partition coefficient (Wildman–Crippen LogP) is -0.645. The minimum Gasteiger partial charge on any atom is -0.480 e. The van der Waals surface area contributed by atoms with E-state index in [2.05, 4.69) is 15.5 Å². The third kappa shape index (κ3) is 5.82. The molecule has 0 aliphatic heterocycles. The van der Waals surface area contributed by atoms with Crippen molar-refractivity contribution >= 4 is 12.0 Å². The summed E-state index contributed by atoms with van der Waals surface area (Å²) in [5.74, 6) is -0.676. The molecular weight excluding hydrogens is 256 g/mol. The summed E-state index contributed by atoms with van der Waals surface area (Å²) in [5, 5.41) is 14.7. The Morgan fingerprint density at radius 3 is 2.95 bits per heavy atom. The zero-order valence-electron chi connectivity index (χ0n) is 10.5. The number of rotatable bonds is 8. The van der Waals surface area contributed by atoms with Crippen LogP contribution in [0.25, 0.3) is 0 Å². The maximum Gasteiger partial charge on any atom is 0.323 e. The van der Waals surface area contributed by atoms with E-state index in [4.69, 9.17) is 14.4 Å². The van der Waals surface area contributed by atoms with Gasteiger partial charge in [-0.2, -0.15) is 4.98 Å². The van der Waals surface area contributed by atoms with E-state index in [1.807, 2.05) is 0 Å². The van der Waals surface area contributed by atoms with Crippen LogP contribution in [0.5, 0.6) is 0 Å². The molecule has 9 nitrogen and oxygen atoms in total. The number of ether oxygens (including phenoxy) is 1. The molecule has 0 saturated carbocycles. The van der Waals surface area contributed by atoms with Crippen LogP contribution in [0.4, 0.5) is 4.79 Å². The van der Waals surface area contributed by atoms with Crippen molar-refractivity contribution in [1.29, 1.82) is 0 Å². The molecular formula is C10H16N4O5. The van der Waals surface area contributed by atoms with E-state index in [1.54, 1.807) is 0 Å². The second-order valence-electron chi connectivity index (χ2n) is 3.63. The summed E-state index contributed by atoms with van der Waals surface area (Å²) in [6.07, 6.45) is 1.66. The average Bonchev–Trinajstić information content (AvgIpc) is 2.87. The molecule has 2 N–H and O–H groups in total. The SMILES string of the molecule is COCCN(CC(=O)O)C(=O)NCCc1ncno1. The zero-order valence-corrected chi connectivity index (χ0v) is 10.5. The summed E-state index contributed by atoms with van der Waals surface area (Å²) < 4.78 is 9.58. The van der Waals surface area contributed by atoms with E-state index in [1.165, 1.54) is 13.4 Å². The molecule has 0 saturated heterocycles. The van der Waals surface area contributed by atoms with Crippen molar-refractivity contribution < 1.29 is 24.0 Å². The number of urea groups is 1. The number of carboxylic acid groups (broad SMARTS) is 1. The van der Waals surface area contributed by atoms with Crippen LogP contribution in [0.1, 0.15) is 5.89 Å². The van der Waals surface area contributed by atoms with Crippen molar-refractivity contribution in [3.8, 4) is 0 Å². The molecule has 1 aromatic rings. The van der Waals surface area contributed by atoms with Crippen LogP contribution in [0, 0.1) is 0 Å². The number of amides is 2. The van der Waals surface area contributed by atoms with Crippen molar-refractivity contribution in [1.82, 2.24) is 20.4 Å². The predicted molar refractivity (Wildman–Crippen MR) is 62.5 cm³/mol. The molecule has 19 heavy (non-hydrogen) atoms. The van der Waals surface area contributed by atoms with Crippen LogP contribution in [0.3, 0.4) is 0 Å². The summed E-state index contributed by atoms with van der Waals surface area (Å²) in [4.78, 5) is 27.3. The van der Waals surface area contributed by atoms with Gasteiger partial charge < -0.3 is 24.6 Å². The summed E-state index contributed by atoms with van der Waals surface area (Å²) in [6, 6.07) is -0.473. The van der Waals surface area contributed by atoms with Crippen LogP contribution < -0.4 is 5.32 Å². The number of carbonyl (C=O) groups is 2.